The number of carbonyl (C=O) groups is 1. The summed E-state index contributed by atoms with van der Waals surface area (Å²) in [5.41, 5.74) is 6.99. The zero-order valence-electron chi connectivity index (χ0n) is 15.7. The molecule has 0 spiro atoms. The molecule has 2 rings (SSSR count). The Hall–Kier alpha value is -1.31. The number of anilines is 1. The molecule has 0 radical (unpaired) electrons. The minimum absolute atomic E-state index is 0. The predicted octanol–water partition coefficient (Wildman–Crippen LogP) is 2.15. The molecule has 1 aromatic carbocycles. The molecule has 0 saturated carbocycles. The molecule has 2 atom stereocenters. The highest BCUT2D eigenvalue weighted by atomic mass is 35.5. The highest BCUT2D eigenvalue weighted by molar-refractivity contribution is 7.98. The van der Waals surface area contributed by atoms with E-state index in [4.69, 9.17) is 15.2 Å². The Labute approximate surface area is 166 Å². The summed E-state index contributed by atoms with van der Waals surface area (Å²) in [6, 6.07) is 5.49. The second-order valence-electron chi connectivity index (χ2n) is 6.30. The van der Waals surface area contributed by atoms with Crippen LogP contribution in [-0.2, 0) is 4.79 Å². The normalized spacial score (nSPS) is 17.4. The molecule has 1 unspecified atom stereocenters. The molecule has 0 aromatic heterocycles. The number of rotatable bonds is 9. The van der Waals surface area contributed by atoms with Crippen LogP contribution in [0.5, 0.6) is 11.5 Å². The Morgan fingerprint density at radius 2 is 2.00 bits per heavy atom. The standard InChI is InChI=1S/C18H29N3O3S.ClH/c1-23-15-8-14(9-16(10-15)24-2)21-6-4-13(12-21)11-20-18(22)17(19)5-7-25-3;/h8-10,13,17H,4-7,11-12,19H2,1-3H3,(H,20,22);1H/t13?,17-;/m0./s1. The number of methoxy groups -OCH3 is 2. The lowest BCUT2D eigenvalue weighted by atomic mass is 10.1. The highest BCUT2D eigenvalue weighted by Crippen LogP contribution is 2.31. The Morgan fingerprint density at radius 3 is 2.58 bits per heavy atom. The van der Waals surface area contributed by atoms with Crippen molar-refractivity contribution in [3.63, 3.8) is 0 Å². The van der Waals surface area contributed by atoms with Gasteiger partial charge in [-0.1, -0.05) is 0 Å². The van der Waals surface area contributed by atoms with Crippen LogP contribution in [0.15, 0.2) is 18.2 Å². The number of nitrogens with two attached hydrogens (primary N) is 1. The van der Waals surface area contributed by atoms with Crippen molar-refractivity contribution in [1.29, 1.82) is 0 Å². The van der Waals surface area contributed by atoms with E-state index in [2.05, 4.69) is 10.2 Å². The van der Waals surface area contributed by atoms with Crippen molar-refractivity contribution in [2.24, 2.45) is 11.7 Å². The number of halogens is 1. The first kappa shape index (κ1) is 22.7. The van der Waals surface area contributed by atoms with Crippen LogP contribution in [0, 0.1) is 5.92 Å². The summed E-state index contributed by atoms with van der Waals surface area (Å²) >= 11 is 1.71. The van der Waals surface area contributed by atoms with Gasteiger partial charge in [0, 0.05) is 43.5 Å². The maximum atomic E-state index is 12.0. The van der Waals surface area contributed by atoms with Gasteiger partial charge in [0.2, 0.25) is 5.91 Å². The summed E-state index contributed by atoms with van der Waals surface area (Å²) in [6.45, 7) is 2.52. The first-order valence-corrected chi connectivity index (χ1v) is 9.97. The van der Waals surface area contributed by atoms with Gasteiger partial charge in [-0.05, 0) is 30.8 Å². The smallest absolute Gasteiger partial charge is 0.236 e. The lowest BCUT2D eigenvalue weighted by Crippen LogP contribution is -2.43. The van der Waals surface area contributed by atoms with E-state index in [1.165, 1.54) is 0 Å². The number of thioether (sulfide) groups is 1. The number of nitrogens with one attached hydrogen (secondary N) is 1. The SMILES string of the molecule is COc1cc(OC)cc(N2CCC(CNC(=O)[C@@H](N)CCSC)C2)c1.Cl. The van der Waals surface area contributed by atoms with Gasteiger partial charge in [0.15, 0.2) is 0 Å². The third kappa shape index (κ3) is 6.45. The average molecular weight is 404 g/mol. The van der Waals surface area contributed by atoms with Crippen LogP contribution in [0.25, 0.3) is 0 Å². The van der Waals surface area contributed by atoms with Gasteiger partial charge in [-0.15, -0.1) is 12.4 Å². The fourth-order valence-corrected chi connectivity index (χ4v) is 3.45. The largest absolute Gasteiger partial charge is 0.497 e. The van der Waals surface area contributed by atoms with Crippen LogP contribution < -0.4 is 25.4 Å². The number of hydrogen-bond acceptors (Lipinski definition) is 6. The third-order valence-electron chi connectivity index (χ3n) is 4.52. The van der Waals surface area contributed by atoms with Crippen molar-refractivity contribution < 1.29 is 14.3 Å². The molecule has 148 valence electrons. The fourth-order valence-electron chi connectivity index (χ4n) is 2.96. The molecular weight excluding hydrogens is 374 g/mol. The molecule has 1 aliphatic rings. The number of ether oxygens (including phenoxy) is 2. The molecule has 1 saturated heterocycles. The van der Waals surface area contributed by atoms with Crippen LogP contribution in [-0.4, -0.2) is 57.8 Å². The number of benzene rings is 1. The molecule has 1 amide bonds. The van der Waals surface area contributed by atoms with Crippen LogP contribution in [0.1, 0.15) is 12.8 Å². The van der Waals surface area contributed by atoms with Gasteiger partial charge in [0.25, 0.3) is 0 Å². The van der Waals surface area contributed by atoms with Crippen LogP contribution in [0.4, 0.5) is 5.69 Å². The summed E-state index contributed by atoms with van der Waals surface area (Å²) in [5.74, 6) is 2.85. The first-order valence-electron chi connectivity index (χ1n) is 8.57. The monoisotopic (exact) mass is 403 g/mol. The number of hydrogen-bond donors (Lipinski definition) is 2. The molecule has 26 heavy (non-hydrogen) atoms. The Bertz CT molecular complexity index is 554. The van der Waals surface area contributed by atoms with Gasteiger partial charge >= 0.3 is 0 Å². The second kappa shape index (κ2) is 11.4. The van der Waals surface area contributed by atoms with E-state index in [1.807, 2.05) is 24.5 Å². The number of nitrogens with zero attached hydrogens (tertiary/aromatic N) is 1. The predicted molar refractivity (Wildman–Crippen MR) is 111 cm³/mol. The van der Waals surface area contributed by atoms with Crippen molar-refractivity contribution in [3.8, 4) is 11.5 Å². The van der Waals surface area contributed by atoms with Crippen LogP contribution in [0.2, 0.25) is 0 Å². The zero-order chi connectivity index (χ0) is 18.2. The zero-order valence-corrected chi connectivity index (χ0v) is 17.3. The Kier molecular flexibility index (Phi) is 9.98. The lowest BCUT2D eigenvalue weighted by Gasteiger charge is -2.21. The minimum Gasteiger partial charge on any atom is -0.497 e. The molecule has 1 heterocycles. The summed E-state index contributed by atoms with van der Waals surface area (Å²) in [6.07, 6.45) is 3.78. The average Bonchev–Trinajstić information content (AvgIpc) is 3.12. The molecular formula is C18H30ClN3O3S. The van der Waals surface area contributed by atoms with E-state index in [9.17, 15) is 4.79 Å². The molecule has 0 aliphatic carbocycles. The summed E-state index contributed by atoms with van der Waals surface area (Å²) in [7, 11) is 3.31. The summed E-state index contributed by atoms with van der Waals surface area (Å²) in [4.78, 5) is 14.3. The molecule has 1 aliphatic heterocycles. The van der Waals surface area contributed by atoms with E-state index in [0.29, 0.717) is 18.9 Å². The van der Waals surface area contributed by atoms with Crippen molar-refractivity contribution in [1.82, 2.24) is 5.32 Å². The van der Waals surface area contributed by atoms with E-state index in [1.54, 1.807) is 26.0 Å². The topological polar surface area (TPSA) is 76.8 Å². The molecule has 3 N–H and O–H groups in total. The molecule has 0 bridgehead atoms. The maximum absolute atomic E-state index is 12.0. The van der Waals surface area contributed by atoms with Crippen molar-refractivity contribution in [2.45, 2.75) is 18.9 Å². The van der Waals surface area contributed by atoms with E-state index in [0.717, 1.165) is 42.4 Å². The second-order valence-corrected chi connectivity index (χ2v) is 7.29. The lowest BCUT2D eigenvalue weighted by molar-refractivity contribution is -0.122. The van der Waals surface area contributed by atoms with Crippen molar-refractivity contribution in [3.05, 3.63) is 18.2 Å². The molecule has 6 nitrogen and oxygen atoms in total. The van der Waals surface area contributed by atoms with Gasteiger partial charge in [0.05, 0.1) is 20.3 Å². The van der Waals surface area contributed by atoms with Crippen molar-refractivity contribution in [2.75, 3.05) is 50.8 Å². The number of carbonyl (C=O) groups excluding carboxylic acids is 1. The van der Waals surface area contributed by atoms with Gasteiger partial charge in [-0.25, -0.2) is 0 Å². The van der Waals surface area contributed by atoms with Crippen LogP contribution >= 0.6 is 24.2 Å². The molecule has 1 fully saturated rings. The van der Waals surface area contributed by atoms with Gasteiger partial charge in [0.1, 0.15) is 11.5 Å². The summed E-state index contributed by atoms with van der Waals surface area (Å²) in [5, 5.41) is 3.00. The van der Waals surface area contributed by atoms with E-state index >= 15 is 0 Å². The highest BCUT2D eigenvalue weighted by Gasteiger charge is 2.24. The fraction of sp³-hybridized carbons (Fsp3) is 0.611. The van der Waals surface area contributed by atoms with E-state index < -0.39 is 6.04 Å². The molecule has 8 heteroatoms. The van der Waals surface area contributed by atoms with Crippen molar-refractivity contribution >= 4 is 35.8 Å². The minimum atomic E-state index is -0.410. The first-order chi connectivity index (χ1) is 12.1. The third-order valence-corrected chi connectivity index (χ3v) is 5.17. The molecule has 1 aromatic rings. The van der Waals surface area contributed by atoms with E-state index in [-0.39, 0.29) is 18.3 Å². The quantitative estimate of drug-likeness (QED) is 0.657. The van der Waals surface area contributed by atoms with Crippen LogP contribution in [0.3, 0.4) is 0 Å². The summed E-state index contributed by atoms with van der Waals surface area (Å²) < 4.78 is 10.7. The van der Waals surface area contributed by atoms with Gasteiger partial charge in [-0.2, -0.15) is 11.8 Å². The van der Waals surface area contributed by atoms with Gasteiger partial charge < -0.3 is 25.4 Å². The Balaban J connectivity index is 0.00000338. The Morgan fingerprint density at radius 1 is 1.35 bits per heavy atom. The number of amides is 1. The van der Waals surface area contributed by atoms with Gasteiger partial charge in [-0.3, -0.25) is 4.79 Å². The maximum Gasteiger partial charge on any atom is 0.236 e.